The van der Waals surface area contributed by atoms with Gasteiger partial charge in [0.15, 0.2) is 12.6 Å². The normalized spacial score (nSPS) is 29.2. The molecule has 2 saturated heterocycles. The molecule has 9 N–H and O–H groups in total. The third-order valence-electron chi connectivity index (χ3n) is 11.2. The summed E-state index contributed by atoms with van der Waals surface area (Å²) in [6, 6.07) is -0.903. The Kier molecular flexibility index (Phi) is 28.7. The first-order valence-electron chi connectivity index (χ1n) is 22.4. The maximum atomic E-state index is 13.0. The molecule has 2 heterocycles. The highest BCUT2D eigenvalue weighted by molar-refractivity contribution is 5.76. The quantitative estimate of drug-likeness (QED) is 0.0337. The number of hydrogen-bond acceptors (Lipinski definition) is 13. The molecule has 14 nitrogen and oxygen atoms in total. The highest BCUT2D eigenvalue weighted by Crippen LogP contribution is 2.30. The van der Waals surface area contributed by atoms with Gasteiger partial charge in [-0.05, 0) is 12.8 Å². The molecule has 0 aromatic rings. The van der Waals surface area contributed by atoms with Crippen LogP contribution in [0.15, 0.2) is 12.2 Å². The van der Waals surface area contributed by atoms with E-state index in [2.05, 4.69) is 19.2 Å². The van der Waals surface area contributed by atoms with Crippen LogP contribution in [0, 0.1) is 0 Å². The van der Waals surface area contributed by atoms with Gasteiger partial charge >= 0.3 is 0 Å². The van der Waals surface area contributed by atoms with Crippen molar-refractivity contribution in [2.75, 3.05) is 19.8 Å². The molecule has 336 valence electrons. The van der Waals surface area contributed by atoms with Crippen LogP contribution in [0.3, 0.4) is 0 Å². The van der Waals surface area contributed by atoms with Crippen LogP contribution >= 0.6 is 0 Å². The Bertz CT molecular complexity index is 1020. The van der Waals surface area contributed by atoms with Gasteiger partial charge in [-0.15, -0.1) is 0 Å². The van der Waals surface area contributed by atoms with Gasteiger partial charge in [0.2, 0.25) is 5.91 Å². The third-order valence-corrected chi connectivity index (χ3v) is 11.2. The van der Waals surface area contributed by atoms with E-state index in [4.69, 9.17) is 18.9 Å². The van der Waals surface area contributed by atoms with Crippen molar-refractivity contribution in [2.24, 2.45) is 0 Å². The SMILES string of the molecule is CCCC/C=C/C(O)C(COC1OC(CO)C(OC2OC(CO)C(O)C(O)C2O)C(O)C1O)NC(=O)CCCCCCCCCCCCCCCCCCCCC. The molecule has 0 saturated carbocycles. The van der Waals surface area contributed by atoms with Gasteiger partial charge in [-0.25, -0.2) is 0 Å². The van der Waals surface area contributed by atoms with E-state index in [0.717, 1.165) is 38.5 Å². The average Bonchev–Trinajstić information content (AvgIpc) is 3.21. The Hall–Kier alpha value is -1.27. The van der Waals surface area contributed by atoms with Crippen molar-refractivity contribution in [3.05, 3.63) is 12.2 Å². The summed E-state index contributed by atoms with van der Waals surface area (Å²) in [5.41, 5.74) is 0. The Balaban J connectivity index is 1.73. The van der Waals surface area contributed by atoms with Crippen LogP contribution in [0.5, 0.6) is 0 Å². The molecule has 2 rings (SSSR count). The number of hydrogen-bond donors (Lipinski definition) is 9. The summed E-state index contributed by atoms with van der Waals surface area (Å²) in [5, 5.41) is 85.8. The van der Waals surface area contributed by atoms with Crippen LogP contribution in [0.25, 0.3) is 0 Å². The van der Waals surface area contributed by atoms with Crippen LogP contribution in [0.4, 0.5) is 0 Å². The van der Waals surface area contributed by atoms with Crippen molar-refractivity contribution < 1.29 is 64.6 Å². The van der Waals surface area contributed by atoms with Crippen molar-refractivity contribution in [1.82, 2.24) is 5.32 Å². The minimum atomic E-state index is -1.78. The summed E-state index contributed by atoms with van der Waals surface area (Å²) in [7, 11) is 0. The van der Waals surface area contributed by atoms with Gasteiger partial charge in [0.1, 0.15) is 48.8 Å². The summed E-state index contributed by atoms with van der Waals surface area (Å²) in [5.74, 6) is -0.247. The number of aliphatic hydroxyl groups is 8. The van der Waals surface area contributed by atoms with Crippen molar-refractivity contribution in [1.29, 1.82) is 0 Å². The number of rotatable bonds is 33. The summed E-state index contributed by atoms with van der Waals surface area (Å²) in [6.07, 6.45) is 13.5. The largest absolute Gasteiger partial charge is 0.394 e. The maximum absolute atomic E-state index is 13.0. The molecule has 2 aliphatic rings. The number of amides is 1. The number of allylic oxidation sites excluding steroid dienone is 1. The zero-order chi connectivity index (χ0) is 41.8. The molecule has 2 fully saturated rings. The van der Waals surface area contributed by atoms with Gasteiger partial charge in [0.05, 0.1) is 32.0 Å². The molecule has 0 bridgehead atoms. The van der Waals surface area contributed by atoms with Crippen LogP contribution in [-0.2, 0) is 23.7 Å². The van der Waals surface area contributed by atoms with E-state index in [1.165, 1.54) is 96.3 Å². The lowest BCUT2D eigenvalue weighted by molar-refractivity contribution is -0.359. The first kappa shape index (κ1) is 51.9. The fraction of sp³-hybridized carbons (Fsp3) is 0.930. The van der Waals surface area contributed by atoms with Crippen molar-refractivity contribution in [2.45, 2.75) is 235 Å². The highest BCUT2D eigenvalue weighted by Gasteiger charge is 2.50. The topological polar surface area (TPSA) is 228 Å². The summed E-state index contributed by atoms with van der Waals surface area (Å²) >= 11 is 0. The number of ether oxygens (including phenoxy) is 4. The number of nitrogens with one attached hydrogen (secondary N) is 1. The molecule has 1 amide bonds. The second-order valence-corrected chi connectivity index (χ2v) is 16.2. The minimum Gasteiger partial charge on any atom is -0.394 e. The van der Waals surface area contributed by atoms with E-state index in [1.54, 1.807) is 6.08 Å². The molecule has 57 heavy (non-hydrogen) atoms. The van der Waals surface area contributed by atoms with E-state index in [0.29, 0.717) is 6.42 Å². The minimum absolute atomic E-state index is 0.247. The van der Waals surface area contributed by atoms with E-state index < -0.39 is 86.8 Å². The molecular weight excluding hydrogens is 738 g/mol. The van der Waals surface area contributed by atoms with Crippen molar-refractivity contribution in [3.8, 4) is 0 Å². The Morgan fingerprint density at radius 2 is 1.09 bits per heavy atom. The van der Waals surface area contributed by atoms with Crippen LogP contribution < -0.4 is 5.32 Å². The number of unbranched alkanes of at least 4 members (excludes halogenated alkanes) is 20. The van der Waals surface area contributed by atoms with Crippen LogP contribution in [0.1, 0.15) is 162 Å². The molecule has 14 heteroatoms. The summed E-state index contributed by atoms with van der Waals surface area (Å²) < 4.78 is 22.5. The van der Waals surface area contributed by atoms with Gasteiger partial charge in [0, 0.05) is 6.42 Å². The van der Waals surface area contributed by atoms with Gasteiger partial charge < -0.3 is 65.1 Å². The predicted molar refractivity (Wildman–Crippen MR) is 217 cm³/mol. The first-order chi connectivity index (χ1) is 27.6. The van der Waals surface area contributed by atoms with Gasteiger partial charge in [-0.1, -0.05) is 154 Å². The van der Waals surface area contributed by atoms with E-state index in [1.807, 2.05) is 6.08 Å². The Morgan fingerprint density at radius 1 is 0.614 bits per heavy atom. The van der Waals surface area contributed by atoms with Crippen LogP contribution in [0.2, 0.25) is 0 Å². The lowest BCUT2D eigenvalue weighted by Gasteiger charge is -2.46. The van der Waals surface area contributed by atoms with E-state index in [9.17, 15) is 45.6 Å². The molecule has 12 unspecified atom stereocenters. The summed E-state index contributed by atoms with van der Waals surface area (Å²) in [6.45, 7) is 2.61. The van der Waals surface area contributed by atoms with Gasteiger partial charge in [-0.2, -0.15) is 0 Å². The zero-order valence-electron chi connectivity index (χ0n) is 35.1. The molecule has 12 atom stereocenters. The first-order valence-corrected chi connectivity index (χ1v) is 22.4. The smallest absolute Gasteiger partial charge is 0.220 e. The fourth-order valence-corrected chi connectivity index (χ4v) is 7.45. The number of carbonyl (C=O) groups excluding carboxylic acids is 1. The Labute approximate surface area is 342 Å². The molecule has 0 aromatic heterocycles. The molecule has 0 aromatic carbocycles. The fourth-order valence-electron chi connectivity index (χ4n) is 7.45. The number of carbonyl (C=O) groups is 1. The lowest BCUT2D eigenvalue weighted by Crippen LogP contribution is -2.65. The lowest BCUT2D eigenvalue weighted by atomic mass is 9.97. The second kappa shape index (κ2) is 31.6. The molecule has 0 aliphatic carbocycles. The molecule has 2 aliphatic heterocycles. The average molecular weight is 820 g/mol. The second-order valence-electron chi connectivity index (χ2n) is 16.2. The van der Waals surface area contributed by atoms with Gasteiger partial charge in [-0.3, -0.25) is 4.79 Å². The van der Waals surface area contributed by atoms with Gasteiger partial charge in [0.25, 0.3) is 0 Å². The highest BCUT2D eigenvalue weighted by atomic mass is 16.7. The standard InChI is InChI=1S/C43H81NO13/c1-3-5-7-9-10-11-12-13-14-15-16-17-18-19-20-21-22-23-25-27-35(48)44-31(32(47)26-24-8-6-4-2)30-54-42-40(53)38(51)41(34(29-46)56-42)57-43-39(52)37(50)36(49)33(28-45)55-43/h24,26,31-34,36-43,45-47,49-53H,3-23,25,27-30H2,1-2H3,(H,44,48)/b26-24+. The molecule has 0 radical (unpaired) electrons. The molecular formula is C43H81NO13. The Morgan fingerprint density at radius 3 is 1.60 bits per heavy atom. The van der Waals surface area contributed by atoms with Crippen LogP contribution in [-0.4, -0.2) is 140 Å². The monoisotopic (exact) mass is 820 g/mol. The molecule has 0 spiro atoms. The van der Waals surface area contributed by atoms with E-state index in [-0.39, 0.29) is 18.9 Å². The third kappa shape index (κ3) is 20.2. The zero-order valence-corrected chi connectivity index (χ0v) is 35.1. The maximum Gasteiger partial charge on any atom is 0.220 e. The van der Waals surface area contributed by atoms with Crippen molar-refractivity contribution >= 4 is 5.91 Å². The summed E-state index contributed by atoms with van der Waals surface area (Å²) in [4.78, 5) is 13.0. The number of aliphatic hydroxyl groups excluding tert-OH is 8. The van der Waals surface area contributed by atoms with E-state index >= 15 is 0 Å². The van der Waals surface area contributed by atoms with Crippen molar-refractivity contribution in [3.63, 3.8) is 0 Å². The predicted octanol–water partition coefficient (Wildman–Crippen LogP) is 4.04.